The van der Waals surface area contributed by atoms with Gasteiger partial charge in [0.1, 0.15) is 0 Å². The third kappa shape index (κ3) is 1.63. The molecule has 0 aromatic carbocycles. The van der Waals surface area contributed by atoms with E-state index in [0.717, 1.165) is 30.5 Å². The summed E-state index contributed by atoms with van der Waals surface area (Å²) in [6, 6.07) is 4.08. The van der Waals surface area contributed by atoms with Crippen molar-refractivity contribution in [3.05, 3.63) is 23.0 Å². The van der Waals surface area contributed by atoms with Crippen molar-refractivity contribution in [3.63, 3.8) is 0 Å². The normalized spacial score (nSPS) is 20.2. The number of hydrogen-bond donors (Lipinski definition) is 0. The molecule has 0 spiro atoms. The van der Waals surface area contributed by atoms with Gasteiger partial charge in [0.25, 0.3) is 0 Å². The van der Waals surface area contributed by atoms with Crippen LogP contribution in [0.3, 0.4) is 0 Å². The lowest BCUT2D eigenvalue weighted by atomic mass is 9.88. The van der Waals surface area contributed by atoms with Crippen molar-refractivity contribution < 1.29 is 8.42 Å². The van der Waals surface area contributed by atoms with E-state index >= 15 is 0 Å². The van der Waals surface area contributed by atoms with E-state index in [1.165, 1.54) is 10.2 Å². The van der Waals surface area contributed by atoms with E-state index in [-0.39, 0.29) is 5.92 Å². The first-order valence-electron chi connectivity index (χ1n) is 5.26. The van der Waals surface area contributed by atoms with Gasteiger partial charge in [-0.3, -0.25) is 0 Å². The van der Waals surface area contributed by atoms with Gasteiger partial charge in [-0.2, -0.15) is 5.26 Å². The minimum atomic E-state index is -3.26. The molecule has 0 radical (unpaired) electrons. The molecule has 0 fully saturated rings. The SMILES string of the molecule is Cc1cc2c(n1S(C)(=O)=O)CCCC2C#N. The Hall–Kier alpha value is -1.28. The van der Waals surface area contributed by atoms with E-state index in [4.69, 9.17) is 5.26 Å². The third-order valence-electron chi connectivity index (χ3n) is 3.03. The van der Waals surface area contributed by atoms with Crippen LogP contribution in [0.15, 0.2) is 6.07 Å². The quantitative estimate of drug-likeness (QED) is 0.745. The van der Waals surface area contributed by atoms with E-state index in [1.807, 2.05) is 6.07 Å². The predicted octanol–water partition coefficient (Wildman–Crippen LogP) is 1.55. The number of hydrogen-bond acceptors (Lipinski definition) is 3. The van der Waals surface area contributed by atoms with E-state index in [9.17, 15) is 8.42 Å². The summed E-state index contributed by atoms with van der Waals surface area (Å²) < 4.78 is 24.7. The van der Waals surface area contributed by atoms with Crippen LogP contribution < -0.4 is 0 Å². The summed E-state index contributed by atoms with van der Waals surface area (Å²) in [6.45, 7) is 1.77. The molecule has 0 amide bonds. The zero-order valence-electron chi connectivity index (χ0n) is 9.40. The first-order valence-corrected chi connectivity index (χ1v) is 7.11. The number of aryl methyl sites for hydroxylation is 1. The van der Waals surface area contributed by atoms with Gasteiger partial charge in [-0.1, -0.05) is 0 Å². The molecule has 1 aliphatic carbocycles. The van der Waals surface area contributed by atoms with Crippen LogP contribution >= 0.6 is 0 Å². The van der Waals surface area contributed by atoms with Crippen molar-refractivity contribution >= 4 is 10.0 Å². The molecular weight excluding hydrogens is 224 g/mol. The fourth-order valence-corrected chi connectivity index (χ4v) is 3.64. The summed E-state index contributed by atoms with van der Waals surface area (Å²) in [4.78, 5) is 0. The lowest BCUT2D eigenvalue weighted by Gasteiger charge is -2.18. The predicted molar refractivity (Wildman–Crippen MR) is 60.7 cm³/mol. The fraction of sp³-hybridized carbons (Fsp3) is 0.545. The summed E-state index contributed by atoms with van der Waals surface area (Å²) in [7, 11) is -3.26. The third-order valence-corrected chi connectivity index (χ3v) is 4.20. The van der Waals surface area contributed by atoms with Crippen LogP contribution in [-0.4, -0.2) is 18.6 Å². The Morgan fingerprint density at radius 3 is 2.81 bits per heavy atom. The number of aromatic nitrogens is 1. The Morgan fingerprint density at radius 1 is 1.56 bits per heavy atom. The lowest BCUT2D eigenvalue weighted by molar-refractivity contribution is 0.580. The van der Waals surface area contributed by atoms with Crippen LogP contribution in [-0.2, 0) is 16.4 Å². The molecule has 1 unspecified atom stereocenters. The molecule has 2 rings (SSSR count). The summed E-state index contributed by atoms with van der Waals surface area (Å²) in [5, 5.41) is 9.03. The summed E-state index contributed by atoms with van der Waals surface area (Å²) in [5.74, 6) is -0.148. The fourth-order valence-electron chi connectivity index (χ4n) is 2.47. The van der Waals surface area contributed by atoms with Crippen LogP contribution in [0.2, 0.25) is 0 Å². The van der Waals surface area contributed by atoms with Crippen molar-refractivity contribution in [1.29, 1.82) is 5.26 Å². The highest BCUT2D eigenvalue weighted by atomic mass is 32.2. The van der Waals surface area contributed by atoms with E-state index in [0.29, 0.717) is 5.69 Å². The highest BCUT2D eigenvalue weighted by molar-refractivity contribution is 7.89. The van der Waals surface area contributed by atoms with Crippen molar-refractivity contribution in [3.8, 4) is 6.07 Å². The zero-order valence-corrected chi connectivity index (χ0v) is 10.2. The standard InChI is InChI=1S/C11H14N2O2S/c1-8-6-10-9(7-12)4-3-5-11(10)13(8)16(2,14)15/h6,9H,3-5H2,1-2H3. The Labute approximate surface area is 95.6 Å². The average Bonchev–Trinajstić information content (AvgIpc) is 2.52. The topological polar surface area (TPSA) is 62.9 Å². The summed E-state index contributed by atoms with van der Waals surface area (Å²) >= 11 is 0. The first-order chi connectivity index (χ1) is 7.45. The lowest BCUT2D eigenvalue weighted by Crippen LogP contribution is -2.18. The van der Waals surface area contributed by atoms with Crippen molar-refractivity contribution in [1.82, 2.24) is 3.97 Å². The van der Waals surface area contributed by atoms with Gasteiger partial charge in [0, 0.05) is 11.4 Å². The molecule has 16 heavy (non-hydrogen) atoms. The van der Waals surface area contributed by atoms with Crippen LogP contribution in [0.25, 0.3) is 0 Å². The molecule has 0 saturated heterocycles. The summed E-state index contributed by atoms with van der Waals surface area (Å²) in [5.41, 5.74) is 2.41. The molecule has 0 N–H and O–H groups in total. The molecular formula is C11H14N2O2S. The molecule has 1 aromatic heterocycles. The van der Waals surface area contributed by atoms with Crippen LogP contribution in [0.5, 0.6) is 0 Å². The van der Waals surface area contributed by atoms with E-state index < -0.39 is 10.0 Å². The van der Waals surface area contributed by atoms with Gasteiger partial charge in [-0.05, 0) is 37.8 Å². The molecule has 5 heteroatoms. The van der Waals surface area contributed by atoms with Crippen LogP contribution in [0, 0.1) is 18.3 Å². The van der Waals surface area contributed by atoms with Gasteiger partial charge >= 0.3 is 0 Å². The molecule has 0 saturated carbocycles. The Morgan fingerprint density at radius 2 is 2.25 bits per heavy atom. The molecule has 1 atom stereocenters. The molecule has 1 heterocycles. The average molecular weight is 238 g/mol. The minimum Gasteiger partial charge on any atom is -0.247 e. The zero-order chi connectivity index (χ0) is 11.9. The number of fused-ring (bicyclic) bond motifs is 1. The maximum atomic E-state index is 11.7. The van der Waals surface area contributed by atoms with Gasteiger partial charge in [0.15, 0.2) is 0 Å². The van der Waals surface area contributed by atoms with Crippen LogP contribution in [0.4, 0.5) is 0 Å². The minimum absolute atomic E-state index is 0.148. The molecule has 0 aliphatic heterocycles. The second-order valence-corrected chi connectivity index (χ2v) is 6.12. The Kier molecular flexibility index (Phi) is 2.55. The second kappa shape index (κ2) is 3.63. The van der Waals surface area contributed by atoms with E-state index in [1.54, 1.807) is 6.92 Å². The largest absolute Gasteiger partial charge is 0.247 e. The molecule has 86 valence electrons. The van der Waals surface area contributed by atoms with Gasteiger partial charge in [0.05, 0.1) is 18.2 Å². The molecule has 1 aromatic rings. The summed E-state index contributed by atoms with van der Waals surface area (Å²) in [6.07, 6.45) is 3.66. The monoisotopic (exact) mass is 238 g/mol. The maximum absolute atomic E-state index is 11.7. The van der Waals surface area contributed by atoms with Gasteiger partial charge < -0.3 is 0 Å². The number of rotatable bonds is 1. The molecule has 4 nitrogen and oxygen atoms in total. The maximum Gasteiger partial charge on any atom is 0.236 e. The van der Waals surface area contributed by atoms with E-state index in [2.05, 4.69) is 6.07 Å². The first kappa shape index (κ1) is 11.2. The molecule has 1 aliphatic rings. The molecule has 0 bridgehead atoms. The van der Waals surface area contributed by atoms with Gasteiger partial charge in [0.2, 0.25) is 10.0 Å². The Bertz CT molecular complexity index is 564. The number of nitrogens with zero attached hydrogens (tertiary/aromatic N) is 2. The highest BCUT2D eigenvalue weighted by Crippen LogP contribution is 2.34. The second-order valence-electron chi connectivity index (χ2n) is 4.29. The highest BCUT2D eigenvalue weighted by Gasteiger charge is 2.27. The van der Waals surface area contributed by atoms with Crippen molar-refractivity contribution in [2.75, 3.05) is 6.26 Å². The van der Waals surface area contributed by atoms with Gasteiger partial charge in [-0.15, -0.1) is 0 Å². The number of nitriles is 1. The van der Waals surface area contributed by atoms with Crippen LogP contribution in [0.1, 0.15) is 35.7 Å². The van der Waals surface area contributed by atoms with Crippen molar-refractivity contribution in [2.24, 2.45) is 0 Å². The smallest absolute Gasteiger partial charge is 0.236 e. The van der Waals surface area contributed by atoms with Gasteiger partial charge in [-0.25, -0.2) is 12.4 Å². The van der Waals surface area contributed by atoms with Crippen molar-refractivity contribution in [2.45, 2.75) is 32.1 Å². The Balaban J connectivity index is 2.68.